The minimum Gasteiger partial charge on any atom is -0.467 e. The second kappa shape index (κ2) is 7.81. The molecule has 5 nitrogen and oxygen atoms in total. The second-order valence-corrected chi connectivity index (χ2v) is 6.13. The van der Waals surface area contributed by atoms with Crippen molar-refractivity contribution < 1.29 is 14.0 Å². The highest BCUT2D eigenvalue weighted by Crippen LogP contribution is 2.38. The van der Waals surface area contributed by atoms with Gasteiger partial charge in [0.2, 0.25) is 11.8 Å². The Bertz CT molecular complexity index is 667. The Kier molecular flexibility index (Phi) is 5.31. The first-order valence-electron chi connectivity index (χ1n) is 8.36. The van der Waals surface area contributed by atoms with E-state index in [2.05, 4.69) is 22.8 Å². The van der Waals surface area contributed by atoms with Crippen molar-refractivity contribution >= 4 is 11.8 Å². The van der Waals surface area contributed by atoms with Crippen LogP contribution < -0.4 is 10.6 Å². The third-order valence-corrected chi connectivity index (χ3v) is 4.27. The number of carbonyl (C=O) groups is 2. The highest BCUT2D eigenvalue weighted by molar-refractivity contribution is 5.92. The Hall–Kier alpha value is -2.56. The maximum Gasteiger partial charge on any atom is 0.224 e. The summed E-state index contributed by atoms with van der Waals surface area (Å²) < 4.78 is 5.17. The zero-order valence-electron chi connectivity index (χ0n) is 13.5. The number of benzene rings is 1. The summed E-state index contributed by atoms with van der Waals surface area (Å²) in [6, 6.07) is 13.8. The molecule has 5 heteroatoms. The Labute approximate surface area is 141 Å². The average Bonchev–Trinajstić information content (AvgIpc) is 3.25. The molecule has 0 saturated heterocycles. The number of amides is 2. The predicted octanol–water partition coefficient (Wildman–Crippen LogP) is 2.28. The van der Waals surface area contributed by atoms with Crippen molar-refractivity contribution in [1.29, 1.82) is 0 Å². The van der Waals surface area contributed by atoms with Gasteiger partial charge in [-0.3, -0.25) is 9.59 Å². The molecule has 1 aliphatic carbocycles. The van der Waals surface area contributed by atoms with Gasteiger partial charge in [-0.05, 0) is 37.0 Å². The minimum atomic E-state index is -0.200. The molecule has 1 fully saturated rings. The van der Waals surface area contributed by atoms with Gasteiger partial charge in [0.05, 0.1) is 24.6 Å². The van der Waals surface area contributed by atoms with E-state index in [0.717, 1.165) is 12.8 Å². The van der Waals surface area contributed by atoms with E-state index in [1.807, 2.05) is 24.3 Å². The van der Waals surface area contributed by atoms with Gasteiger partial charge in [0.25, 0.3) is 0 Å². The van der Waals surface area contributed by atoms with E-state index in [9.17, 15) is 9.59 Å². The molecular weight excluding hydrogens is 304 g/mol. The Morgan fingerprint density at radius 3 is 2.46 bits per heavy atom. The van der Waals surface area contributed by atoms with E-state index in [1.165, 1.54) is 5.56 Å². The molecule has 1 aromatic carbocycles. The molecule has 1 aromatic heterocycles. The molecule has 0 radical (unpaired) electrons. The topological polar surface area (TPSA) is 71.3 Å². The van der Waals surface area contributed by atoms with E-state index in [1.54, 1.807) is 12.3 Å². The zero-order valence-corrected chi connectivity index (χ0v) is 13.5. The van der Waals surface area contributed by atoms with Crippen LogP contribution in [0.4, 0.5) is 0 Å². The van der Waals surface area contributed by atoms with Crippen molar-refractivity contribution in [2.45, 2.75) is 25.8 Å². The Balaban J connectivity index is 1.31. The standard InChI is InChI=1S/C19H22N2O3/c22-18(20-10-4-8-14-6-2-1-3-7-14)16-12-17(16)19(23)21-13-15-9-5-11-24-15/h1-3,5-7,9,11,16-17H,4,8,10,12-13H2,(H,20,22)(H,21,23). The van der Waals surface area contributed by atoms with Gasteiger partial charge in [-0.2, -0.15) is 0 Å². The third-order valence-electron chi connectivity index (χ3n) is 4.27. The van der Waals surface area contributed by atoms with Crippen LogP contribution in [-0.2, 0) is 22.6 Å². The zero-order chi connectivity index (χ0) is 16.8. The fourth-order valence-electron chi connectivity index (χ4n) is 2.77. The van der Waals surface area contributed by atoms with Gasteiger partial charge in [-0.25, -0.2) is 0 Å². The molecule has 2 amide bonds. The quantitative estimate of drug-likeness (QED) is 0.731. The lowest BCUT2D eigenvalue weighted by Crippen LogP contribution is -2.30. The lowest BCUT2D eigenvalue weighted by atomic mass is 10.1. The molecule has 1 aliphatic rings. The maximum atomic E-state index is 12.1. The van der Waals surface area contributed by atoms with Gasteiger partial charge in [-0.1, -0.05) is 30.3 Å². The van der Waals surface area contributed by atoms with Gasteiger partial charge in [0.1, 0.15) is 5.76 Å². The number of hydrogen-bond acceptors (Lipinski definition) is 3. The lowest BCUT2D eigenvalue weighted by molar-refractivity contribution is -0.127. The van der Waals surface area contributed by atoms with Crippen LogP contribution >= 0.6 is 0 Å². The first kappa shape index (κ1) is 16.3. The summed E-state index contributed by atoms with van der Waals surface area (Å²) in [6.45, 7) is 1.01. The van der Waals surface area contributed by atoms with Gasteiger partial charge in [0, 0.05) is 6.54 Å². The summed E-state index contributed by atoms with van der Waals surface area (Å²) in [5, 5.41) is 5.74. The monoisotopic (exact) mass is 326 g/mol. The van der Waals surface area contributed by atoms with Crippen molar-refractivity contribution in [3.8, 4) is 0 Å². The average molecular weight is 326 g/mol. The molecule has 2 atom stereocenters. The first-order chi connectivity index (χ1) is 11.7. The molecule has 2 unspecified atom stereocenters. The molecule has 3 rings (SSSR count). The fraction of sp³-hybridized carbons (Fsp3) is 0.368. The molecule has 2 N–H and O–H groups in total. The van der Waals surface area contributed by atoms with E-state index in [4.69, 9.17) is 4.42 Å². The summed E-state index contributed by atoms with van der Waals surface area (Å²) >= 11 is 0. The van der Waals surface area contributed by atoms with Crippen LogP contribution in [0.25, 0.3) is 0 Å². The van der Waals surface area contributed by atoms with Crippen LogP contribution in [-0.4, -0.2) is 18.4 Å². The summed E-state index contributed by atoms with van der Waals surface area (Å²) in [7, 11) is 0. The van der Waals surface area contributed by atoms with Crippen LogP contribution in [0.1, 0.15) is 24.2 Å². The maximum absolute atomic E-state index is 12.1. The van der Waals surface area contributed by atoms with E-state index in [-0.39, 0.29) is 23.7 Å². The van der Waals surface area contributed by atoms with Crippen LogP contribution in [0.3, 0.4) is 0 Å². The number of aryl methyl sites for hydroxylation is 1. The van der Waals surface area contributed by atoms with Crippen molar-refractivity contribution in [2.24, 2.45) is 11.8 Å². The number of rotatable bonds is 8. The minimum absolute atomic E-state index is 0.0128. The van der Waals surface area contributed by atoms with E-state index >= 15 is 0 Å². The van der Waals surface area contributed by atoms with Gasteiger partial charge in [-0.15, -0.1) is 0 Å². The Morgan fingerprint density at radius 1 is 1.00 bits per heavy atom. The number of nitrogens with one attached hydrogen (secondary N) is 2. The summed E-state index contributed by atoms with van der Waals surface area (Å²) in [6.07, 6.45) is 4.05. The lowest BCUT2D eigenvalue weighted by Gasteiger charge is -2.06. The first-order valence-corrected chi connectivity index (χ1v) is 8.36. The van der Waals surface area contributed by atoms with Crippen molar-refractivity contribution in [2.75, 3.05) is 6.54 Å². The molecular formula is C19H22N2O3. The molecule has 2 aromatic rings. The predicted molar refractivity (Wildman–Crippen MR) is 89.9 cm³/mol. The smallest absolute Gasteiger partial charge is 0.224 e. The summed E-state index contributed by atoms with van der Waals surface area (Å²) in [5.41, 5.74) is 1.27. The third kappa shape index (κ3) is 4.47. The van der Waals surface area contributed by atoms with E-state index in [0.29, 0.717) is 25.3 Å². The van der Waals surface area contributed by atoms with Gasteiger partial charge >= 0.3 is 0 Å². The summed E-state index contributed by atoms with van der Waals surface area (Å²) in [5.74, 6) is 0.246. The van der Waals surface area contributed by atoms with E-state index < -0.39 is 0 Å². The highest BCUT2D eigenvalue weighted by atomic mass is 16.3. The summed E-state index contributed by atoms with van der Waals surface area (Å²) in [4.78, 5) is 24.1. The number of hydrogen-bond donors (Lipinski definition) is 2. The molecule has 0 bridgehead atoms. The molecule has 0 aliphatic heterocycles. The molecule has 1 heterocycles. The van der Waals surface area contributed by atoms with Crippen LogP contribution in [0.2, 0.25) is 0 Å². The van der Waals surface area contributed by atoms with Crippen LogP contribution in [0.15, 0.2) is 53.1 Å². The van der Waals surface area contributed by atoms with Crippen molar-refractivity contribution in [3.63, 3.8) is 0 Å². The largest absolute Gasteiger partial charge is 0.467 e. The highest BCUT2D eigenvalue weighted by Gasteiger charge is 2.47. The van der Waals surface area contributed by atoms with Crippen LogP contribution in [0, 0.1) is 11.8 Å². The molecule has 0 spiro atoms. The number of furan rings is 1. The van der Waals surface area contributed by atoms with Gasteiger partial charge < -0.3 is 15.1 Å². The Morgan fingerprint density at radius 2 is 1.75 bits per heavy atom. The van der Waals surface area contributed by atoms with Crippen molar-refractivity contribution in [1.82, 2.24) is 10.6 Å². The second-order valence-electron chi connectivity index (χ2n) is 6.13. The van der Waals surface area contributed by atoms with Gasteiger partial charge in [0.15, 0.2) is 0 Å². The normalized spacial score (nSPS) is 18.8. The SMILES string of the molecule is O=C(NCCCc1ccccc1)C1CC1C(=O)NCc1ccco1. The molecule has 24 heavy (non-hydrogen) atoms. The number of carbonyl (C=O) groups excluding carboxylic acids is 2. The van der Waals surface area contributed by atoms with Crippen LogP contribution in [0.5, 0.6) is 0 Å². The fourth-order valence-corrected chi connectivity index (χ4v) is 2.77. The molecule has 126 valence electrons. The molecule has 1 saturated carbocycles. The van der Waals surface area contributed by atoms with Crippen molar-refractivity contribution in [3.05, 3.63) is 60.1 Å².